The van der Waals surface area contributed by atoms with Gasteiger partial charge in [0.15, 0.2) is 0 Å². The van der Waals surface area contributed by atoms with Gasteiger partial charge in [0.25, 0.3) is 10.1 Å². The van der Waals surface area contributed by atoms with Gasteiger partial charge in [-0.1, -0.05) is 18.2 Å². The minimum absolute atomic E-state index is 0.0741. The number of aliphatic hydroxyl groups is 1. The molecule has 1 aromatic rings. The SMILES string of the molecule is CC(C)O.O=S(=O)(O)c1ccccc1. The molecule has 1 rings (SSSR count). The van der Waals surface area contributed by atoms with Gasteiger partial charge in [-0.15, -0.1) is 0 Å². The maximum absolute atomic E-state index is 10.4. The Morgan fingerprint density at radius 1 is 1.14 bits per heavy atom. The highest BCUT2D eigenvalue weighted by Gasteiger charge is 2.05. The summed E-state index contributed by atoms with van der Waals surface area (Å²) in [6, 6.07) is 7.42. The highest BCUT2D eigenvalue weighted by molar-refractivity contribution is 7.85. The molecule has 0 saturated heterocycles. The molecule has 14 heavy (non-hydrogen) atoms. The molecule has 0 radical (unpaired) electrons. The van der Waals surface area contributed by atoms with Gasteiger partial charge in [0, 0.05) is 6.10 Å². The van der Waals surface area contributed by atoms with Gasteiger partial charge in [0.05, 0.1) is 4.90 Å². The van der Waals surface area contributed by atoms with Crippen molar-refractivity contribution in [1.82, 2.24) is 0 Å². The molecule has 0 aliphatic carbocycles. The molecule has 4 nitrogen and oxygen atoms in total. The van der Waals surface area contributed by atoms with E-state index in [1.165, 1.54) is 12.1 Å². The summed E-state index contributed by atoms with van der Waals surface area (Å²) >= 11 is 0. The van der Waals surface area contributed by atoms with Gasteiger partial charge in [-0.2, -0.15) is 8.42 Å². The van der Waals surface area contributed by atoms with E-state index in [0.717, 1.165) is 0 Å². The van der Waals surface area contributed by atoms with Crippen LogP contribution in [-0.4, -0.2) is 24.2 Å². The van der Waals surface area contributed by atoms with Crippen molar-refractivity contribution in [3.05, 3.63) is 30.3 Å². The van der Waals surface area contributed by atoms with Crippen molar-refractivity contribution in [2.45, 2.75) is 24.8 Å². The average Bonchev–Trinajstić information content (AvgIpc) is 2.03. The van der Waals surface area contributed by atoms with E-state index in [-0.39, 0.29) is 11.0 Å². The van der Waals surface area contributed by atoms with Crippen LogP contribution in [0.4, 0.5) is 0 Å². The van der Waals surface area contributed by atoms with Crippen LogP contribution in [0.1, 0.15) is 13.8 Å². The summed E-state index contributed by atoms with van der Waals surface area (Å²) < 4.78 is 29.2. The highest BCUT2D eigenvalue weighted by atomic mass is 32.2. The lowest BCUT2D eigenvalue weighted by molar-refractivity contribution is 0.216. The molecular weight excluding hydrogens is 204 g/mol. The van der Waals surface area contributed by atoms with Crippen LogP contribution >= 0.6 is 0 Å². The molecule has 0 bridgehead atoms. The Kier molecular flexibility index (Phi) is 5.37. The van der Waals surface area contributed by atoms with E-state index >= 15 is 0 Å². The van der Waals surface area contributed by atoms with Crippen LogP contribution in [-0.2, 0) is 10.1 Å². The van der Waals surface area contributed by atoms with Gasteiger partial charge < -0.3 is 5.11 Å². The number of aliphatic hydroxyl groups excluding tert-OH is 1. The van der Waals surface area contributed by atoms with Crippen molar-refractivity contribution in [3.63, 3.8) is 0 Å². The summed E-state index contributed by atoms with van der Waals surface area (Å²) in [7, 11) is -4.00. The lowest BCUT2D eigenvalue weighted by Crippen LogP contribution is -1.96. The van der Waals surface area contributed by atoms with Crippen LogP contribution in [0, 0.1) is 0 Å². The first-order chi connectivity index (χ1) is 6.34. The maximum Gasteiger partial charge on any atom is 0.294 e. The quantitative estimate of drug-likeness (QED) is 0.697. The molecule has 5 heteroatoms. The molecule has 0 spiro atoms. The summed E-state index contributed by atoms with van der Waals surface area (Å²) in [4.78, 5) is -0.0741. The minimum atomic E-state index is -4.00. The second kappa shape index (κ2) is 5.74. The molecule has 0 unspecified atom stereocenters. The fraction of sp³-hybridized carbons (Fsp3) is 0.333. The Labute approximate surface area is 84.0 Å². The van der Waals surface area contributed by atoms with Gasteiger partial charge in [-0.05, 0) is 26.0 Å². The molecule has 0 atom stereocenters. The first-order valence-corrected chi connectivity index (χ1v) is 5.48. The highest BCUT2D eigenvalue weighted by Crippen LogP contribution is 2.05. The van der Waals surface area contributed by atoms with E-state index < -0.39 is 10.1 Å². The zero-order valence-electron chi connectivity index (χ0n) is 8.08. The molecule has 0 amide bonds. The molecule has 0 heterocycles. The number of rotatable bonds is 1. The summed E-state index contributed by atoms with van der Waals surface area (Å²) in [5, 5.41) is 8.06. The smallest absolute Gasteiger partial charge is 0.294 e. The van der Waals surface area contributed by atoms with E-state index in [1.807, 2.05) is 0 Å². The molecule has 0 aromatic heterocycles. The zero-order valence-corrected chi connectivity index (χ0v) is 8.90. The van der Waals surface area contributed by atoms with Crippen molar-refractivity contribution < 1.29 is 18.1 Å². The predicted octanol–water partition coefficient (Wildman–Crippen LogP) is 1.32. The fourth-order valence-corrected chi connectivity index (χ4v) is 1.09. The van der Waals surface area contributed by atoms with Crippen LogP contribution < -0.4 is 0 Å². The van der Waals surface area contributed by atoms with E-state index in [9.17, 15) is 8.42 Å². The first-order valence-electron chi connectivity index (χ1n) is 4.04. The summed E-state index contributed by atoms with van der Waals surface area (Å²) in [6.45, 7) is 3.44. The Bertz CT molecular complexity index is 340. The number of benzene rings is 1. The van der Waals surface area contributed by atoms with Gasteiger partial charge in [-0.25, -0.2) is 0 Å². The Balaban J connectivity index is 0.000000364. The van der Waals surface area contributed by atoms with Gasteiger partial charge in [0.1, 0.15) is 0 Å². The maximum atomic E-state index is 10.4. The summed E-state index contributed by atoms with van der Waals surface area (Å²) in [5.74, 6) is 0. The van der Waals surface area contributed by atoms with Crippen LogP contribution in [0.2, 0.25) is 0 Å². The lowest BCUT2D eigenvalue weighted by atomic mass is 10.4. The second-order valence-electron chi connectivity index (χ2n) is 2.88. The minimum Gasteiger partial charge on any atom is -0.394 e. The molecule has 0 saturated carbocycles. The zero-order chi connectivity index (χ0) is 11.2. The molecule has 1 aromatic carbocycles. The predicted molar refractivity (Wildman–Crippen MR) is 53.6 cm³/mol. The van der Waals surface area contributed by atoms with Crippen LogP contribution in [0.5, 0.6) is 0 Å². The van der Waals surface area contributed by atoms with Gasteiger partial charge in [0.2, 0.25) is 0 Å². The monoisotopic (exact) mass is 218 g/mol. The topological polar surface area (TPSA) is 74.6 Å². The summed E-state index contributed by atoms with van der Waals surface area (Å²) in [6.07, 6.45) is -0.167. The Hall–Kier alpha value is -0.910. The Morgan fingerprint density at radius 3 is 1.71 bits per heavy atom. The third-order valence-electron chi connectivity index (χ3n) is 1.04. The van der Waals surface area contributed by atoms with Crippen molar-refractivity contribution >= 4 is 10.1 Å². The number of hydrogen-bond acceptors (Lipinski definition) is 3. The van der Waals surface area contributed by atoms with Crippen LogP contribution in [0.3, 0.4) is 0 Å². The van der Waals surface area contributed by atoms with Crippen LogP contribution in [0.15, 0.2) is 35.2 Å². The van der Waals surface area contributed by atoms with Crippen LogP contribution in [0.25, 0.3) is 0 Å². The summed E-state index contributed by atoms with van der Waals surface area (Å²) in [5.41, 5.74) is 0. The van der Waals surface area contributed by atoms with E-state index in [4.69, 9.17) is 9.66 Å². The second-order valence-corrected chi connectivity index (χ2v) is 4.30. The molecular formula is C9H14O4S. The molecule has 2 N–H and O–H groups in total. The third kappa shape index (κ3) is 6.59. The number of hydrogen-bond donors (Lipinski definition) is 2. The lowest BCUT2D eigenvalue weighted by Gasteiger charge is -1.92. The van der Waals surface area contributed by atoms with Crippen molar-refractivity contribution in [3.8, 4) is 0 Å². The van der Waals surface area contributed by atoms with E-state index in [1.54, 1.807) is 32.0 Å². The third-order valence-corrected chi connectivity index (χ3v) is 1.91. The van der Waals surface area contributed by atoms with E-state index in [0.29, 0.717) is 0 Å². The molecule has 80 valence electrons. The normalized spacial score (nSPS) is 10.6. The molecule has 0 fully saturated rings. The van der Waals surface area contributed by atoms with Crippen molar-refractivity contribution in [2.24, 2.45) is 0 Å². The Morgan fingerprint density at radius 2 is 1.50 bits per heavy atom. The molecule has 0 aliphatic rings. The van der Waals surface area contributed by atoms with Crippen molar-refractivity contribution in [1.29, 1.82) is 0 Å². The molecule has 0 aliphatic heterocycles. The fourth-order valence-electron chi connectivity index (χ4n) is 0.592. The first kappa shape index (κ1) is 13.1. The average molecular weight is 218 g/mol. The van der Waals surface area contributed by atoms with Gasteiger partial charge in [-0.3, -0.25) is 4.55 Å². The largest absolute Gasteiger partial charge is 0.394 e. The van der Waals surface area contributed by atoms with Gasteiger partial charge >= 0.3 is 0 Å². The van der Waals surface area contributed by atoms with Crippen molar-refractivity contribution in [2.75, 3.05) is 0 Å². The van der Waals surface area contributed by atoms with E-state index in [2.05, 4.69) is 0 Å². The standard InChI is InChI=1S/C6H6O3S.C3H8O/c7-10(8,9)6-4-2-1-3-5-6;1-3(2)4/h1-5H,(H,7,8,9);3-4H,1-2H3.